The monoisotopic (exact) mass is 262 g/mol. The molecular weight excluding hydrogens is 236 g/mol. The van der Waals surface area contributed by atoms with Crippen molar-refractivity contribution in [3.8, 4) is 0 Å². The van der Waals surface area contributed by atoms with Crippen LogP contribution >= 0.6 is 0 Å². The third-order valence-corrected chi connectivity index (χ3v) is 3.87. The van der Waals surface area contributed by atoms with Gasteiger partial charge in [-0.15, -0.1) is 5.10 Å². The zero-order valence-corrected chi connectivity index (χ0v) is 12.7. The summed E-state index contributed by atoms with van der Waals surface area (Å²) in [6.07, 6.45) is 4.42. The van der Waals surface area contributed by atoms with Crippen molar-refractivity contribution in [2.24, 2.45) is 11.8 Å². The summed E-state index contributed by atoms with van der Waals surface area (Å²) >= 11 is 0. The van der Waals surface area contributed by atoms with Gasteiger partial charge < -0.3 is 4.90 Å². The van der Waals surface area contributed by atoms with Crippen LogP contribution in [-0.4, -0.2) is 28.3 Å². The molecule has 106 valence electrons. The van der Waals surface area contributed by atoms with Crippen LogP contribution in [0.5, 0.6) is 0 Å². The lowest BCUT2D eigenvalue weighted by atomic mass is 9.97. The molecule has 1 atom stereocenters. The van der Waals surface area contributed by atoms with Crippen molar-refractivity contribution < 1.29 is 0 Å². The fourth-order valence-electron chi connectivity index (χ4n) is 2.94. The summed E-state index contributed by atoms with van der Waals surface area (Å²) in [5.74, 6) is 2.40. The van der Waals surface area contributed by atoms with Gasteiger partial charge in [0.15, 0.2) is 0 Å². The van der Waals surface area contributed by atoms with E-state index in [0.29, 0.717) is 0 Å². The normalized spacial score (nSPS) is 19.4. The van der Waals surface area contributed by atoms with E-state index in [4.69, 9.17) is 4.98 Å². The smallest absolute Gasteiger partial charge is 0.245 e. The molecule has 2 heterocycles. The molecule has 0 amide bonds. The highest BCUT2D eigenvalue weighted by Crippen LogP contribution is 2.25. The van der Waals surface area contributed by atoms with Gasteiger partial charge >= 0.3 is 0 Å². The lowest BCUT2D eigenvalue weighted by molar-refractivity contribution is 0.441. The first-order valence-electron chi connectivity index (χ1n) is 7.61. The van der Waals surface area contributed by atoms with E-state index in [9.17, 15) is 0 Å². The number of hydrogen-bond donors (Lipinski definition) is 0. The minimum atomic E-state index is 0.776. The third kappa shape index (κ3) is 3.43. The molecule has 1 saturated heterocycles. The standard InChI is InChI=1S/C15H26N4/c1-5-13-14(6-2)17-18-15(16-13)19-8-7-12(10-19)9-11(3)4/h11-12H,5-10H2,1-4H3. The SMILES string of the molecule is CCc1nnc(N2CCC(CC(C)C)C2)nc1CC. The van der Waals surface area contributed by atoms with E-state index >= 15 is 0 Å². The molecule has 1 unspecified atom stereocenters. The Labute approximate surface area is 116 Å². The molecule has 0 N–H and O–H groups in total. The first kappa shape index (κ1) is 14.2. The van der Waals surface area contributed by atoms with Crippen molar-refractivity contribution in [1.29, 1.82) is 0 Å². The van der Waals surface area contributed by atoms with Crippen LogP contribution in [0.15, 0.2) is 0 Å². The van der Waals surface area contributed by atoms with Crippen molar-refractivity contribution in [2.75, 3.05) is 18.0 Å². The zero-order valence-electron chi connectivity index (χ0n) is 12.7. The number of nitrogens with zero attached hydrogens (tertiary/aromatic N) is 4. The van der Waals surface area contributed by atoms with Crippen molar-refractivity contribution >= 4 is 5.95 Å². The molecule has 0 spiro atoms. The molecule has 4 nitrogen and oxygen atoms in total. The number of rotatable bonds is 5. The summed E-state index contributed by atoms with van der Waals surface area (Å²) in [5.41, 5.74) is 2.16. The van der Waals surface area contributed by atoms with E-state index in [1.54, 1.807) is 0 Å². The van der Waals surface area contributed by atoms with Crippen LogP contribution in [0, 0.1) is 11.8 Å². The highest BCUT2D eigenvalue weighted by molar-refractivity contribution is 5.32. The Balaban J connectivity index is 2.07. The van der Waals surface area contributed by atoms with Gasteiger partial charge in [0.25, 0.3) is 0 Å². The van der Waals surface area contributed by atoms with Gasteiger partial charge in [-0.3, -0.25) is 0 Å². The molecule has 19 heavy (non-hydrogen) atoms. The zero-order chi connectivity index (χ0) is 13.8. The van der Waals surface area contributed by atoms with E-state index in [1.165, 1.54) is 12.8 Å². The van der Waals surface area contributed by atoms with Crippen LogP contribution in [0.3, 0.4) is 0 Å². The van der Waals surface area contributed by atoms with Crippen LogP contribution in [0.1, 0.15) is 51.9 Å². The van der Waals surface area contributed by atoms with Crippen LogP contribution in [-0.2, 0) is 12.8 Å². The topological polar surface area (TPSA) is 41.9 Å². The Morgan fingerprint density at radius 3 is 2.53 bits per heavy atom. The fraction of sp³-hybridized carbons (Fsp3) is 0.800. The summed E-state index contributed by atoms with van der Waals surface area (Å²) in [7, 11) is 0. The summed E-state index contributed by atoms with van der Waals surface area (Å²) in [6, 6.07) is 0. The van der Waals surface area contributed by atoms with Gasteiger partial charge in [0.1, 0.15) is 0 Å². The lowest BCUT2D eigenvalue weighted by Gasteiger charge is -2.17. The van der Waals surface area contributed by atoms with Crippen LogP contribution < -0.4 is 4.90 Å². The van der Waals surface area contributed by atoms with Gasteiger partial charge in [0, 0.05) is 13.1 Å². The van der Waals surface area contributed by atoms with Gasteiger partial charge in [0.2, 0.25) is 5.95 Å². The second-order valence-corrected chi connectivity index (χ2v) is 5.94. The summed E-state index contributed by atoms with van der Waals surface area (Å²) in [4.78, 5) is 7.01. The molecule has 0 saturated carbocycles. The molecular formula is C15H26N4. The highest BCUT2D eigenvalue weighted by atomic mass is 15.3. The molecule has 0 bridgehead atoms. The van der Waals surface area contributed by atoms with E-state index in [2.05, 4.69) is 42.8 Å². The Kier molecular flexibility index (Phi) is 4.72. The summed E-state index contributed by atoms with van der Waals surface area (Å²) < 4.78 is 0. The first-order chi connectivity index (χ1) is 9.13. The minimum absolute atomic E-state index is 0.776. The Morgan fingerprint density at radius 2 is 1.89 bits per heavy atom. The third-order valence-electron chi connectivity index (χ3n) is 3.87. The number of hydrogen-bond acceptors (Lipinski definition) is 4. The van der Waals surface area contributed by atoms with E-state index in [-0.39, 0.29) is 0 Å². The quantitative estimate of drug-likeness (QED) is 0.818. The molecule has 1 aliphatic heterocycles. The van der Waals surface area contributed by atoms with Crippen molar-refractivity contribution in [3.63, 3.8) is 0 Å². The van der Waals surface area contributed by atoms with E-state index in [0.717, 1.165) is 55.1 Å². The van der Waals surface area contributed by atoms with Gasteiger partial charge in [-0.25, -0.2) is 4.98 Å². The van der Waals surface area contributed by atoms with Crippen LogP contribution in [0.25, 0.3) is 0 Å². The molecule has 1 aromatic rings. The molecule has 0 radical (unpaired) electrons. The maximum absolute atomic E-state index is 4.71. The number of anilines is 1. The van der Waals surface area contributed by atoms with E-state index < -0.39 is 0 Å². The molecule has 1 aromatic heterocycles. The molecule has 2 rings (SSSR count). The molecule has 4 heteroatoms. The average molecular weight is 262 g/mol. The first-order valence-corrected chi connectivity index (χ1v) is 7.61. The summed E-state index contributed by atoms with van der Waals surface area (Å²) in [5, 5.41) is 8.66. The van der Waals surface area contributed by atoms with Crippen molar-refractivity contribution in [3.05, 3.63) is 11.4 Å². The fourth-order valence-corrected chi connectivity index (χ4v) is 2.94. The second kappa shape index (κ2) is 6.31. The van der Waals surface area contributed by atoms with Crippen LogP contribution in [0.2, 0.25) is 0 Å². The highest BCUT2D eigenvalue weighted by Gasteiger charge is 2.25. The molecule has 0 aliphatic carbocycles. The molecule has 0 aromatic carbocycles. The predicted octanol–water partition coefficient (Wildman–Crippen LogP) is 2.87. The summed E-state index contributed by atoms with van der Waals surface area (Å²) in [6.45, 7) is 11.0. The van der Waals surface area contributed by atoms with Crippen molar-refractivity contribution in [1.82, 2.24) is 15.2 Å². The van der Waals surface area contributed by atoms with Gasteiger partial charge in [-0.2, -0.15) is 5.10 Å². The second-order valence-electron chi connectivity index (χ2n) is 5.94. The van der Waals surface area contributed by atoms with E-state index in [1.807, 2.05) is 0 Å². The Hall–Kier alpha value is -1.19. The van der Waals surface area contributed by atoms with Crippen LogP contribution in [0.4, 0.5) is 5.95 Å². The maximum atomic E-state index is 4.71. The van der Waals surface area contributed by atoms with Gasteiger partial charge in [-0.05, 0) is 37.5 Å². The Bertz CT molecular complexity index is 417. The number of aromatic nitrogens is 3. The largest absolute Gasteiger partial charge is 0.339 e. The maximum Gasteiger partial charge on any atom is 0.245 e. The van der Waals surface area contributed by atoms with Crippen molar-refractivity contribution in [2.45, 2.75) is 53.4 Å². The molecule has 1 fully saturated rings. The Morgan fingerprint density at radius 1 is 1.16 bits per heavy atom. The minimum Gasteiger partial charge on any atom is -0.339 e. The predicted molar refractivity (Wildman–Crippen MR) is 78.4 cm³/mol. The van der Waals surface area contributed by atoms with Gasteiger partial charge in [0.05, 0.1) is 11.4 Å². The molecule has 1 aliphatic rings. The lowest BCUT2D eigenvalue weighted by Crippen LogP contribution is -2.24. The number of aryl methyl sites for hydroxylation is 2. The average Bonchev–Trinajstić information content (AvgIpc) is 2.85. The van der Waals surface area contributed by atoms with Gasteiger partial charge in [-0.1, -0.05) is 27.7 Å².